The van der Waals surface area contributed by atoms with Gasteiger partial charge in [-0.25, -0.2) is 9.07 Å². The molecular formula is C13H14FN3O. The summed E-state index contributed by atoms with van der Waals surface area (Å²) >= 11 is 0. The molecule has 0 fully saturated rings. The molecule has 0 aliphatic heterocycles. The quantitative estimate of drug-likeness (QED) is 0.899. The number of rotatable bonds is 3. The summed E-state index contributed by atoms with van der Waals surface area (Å²) in [6.45, 7) is 2.15. The summed E-state index contributed by atoms with van der Waals surface area (Å²) in [7, 11) is 1.72. The van der Waals surface area contributed by atoms with Crippen molar-refractivity contribution in [3.8, 4) is 0 Å². The lowest BCUT2D eigenvalue weighted by atomic mass is 10.1. The second-order valence-electron chi connectivity index (χ2n) is 4.06. The first-order valence-electron chi connectivity index (χ1n) is 5.60. The van der Waals surface area contributed by atoms with Crippen molar-refractivity contribution in [3.05, 3.63) is 57.8 Å². The van der Waals surface area contributed by atoms with Gasteiger partial charge in [0.15, 0.2) is 0 Å². The molecule has 4 nitrogen and oxygen atoms in total. The van der Waals surface area contributed by atoms with Crippen LogP contribution in [0.3, 0.4) is 0 Å². The van der Waals surface area contributed by atoms with E-state index < -0.39 is 0 Å². The summed E-state index contributed by atoms with van der Waals surface area (Å²) in [4.78, 5) is 11.8. The summed E-state index contributed by atoms with van der Waals surface area (Å²) in [5.74, 6) is -0.310. The maximum absolute atomic E-state index is 13.2. The van der Waals surface area contributed by atoms with Crippen LogP contribution in [0.1, 0.15) is 11.1 Å². The van der Waals surface area contributed by atoms with Gasteiger partial charge in [-0.2, -0.15) is 5.10 Å². The third-order valence-electron chi connectivity index (χ3n) is 2.79. The average Bonchev–Trinajstić information content (AvgIpc) is 2.36. The molecule has 1 N–H and O–H groups in total. The third-order valence-corrected chi connectivity index (χ3v) is 2.79. The van der Waals surface area contributed by atoms with Gasteiger partial charge in [0.05, 0.1) is 18.4 Å². The third kappa shape index (κ3) is 2.56. The molecule has 0 saturated carbocycles. The lowest BCUT2D eigenvalue weighted by molar-refractivity contribution is 0.609. The van der Waals surface area contributed by atoms with Crippen LogP contribution in [0.2, 0.25) is 0 Å². The van der Waals surface area contributed by atoms with Gasteiger partial charge in [-0.3, -0.25) is 4.79 Å². The van der Waals surface area contributed by atoms with Crippen molar-refractivity contribution in [3.63, 3.8) is 0 Å². The van der Waals surface area contributed by atoms with Gasteiger partial charge < -0.3 is 5.32 Å². The molecule has 0 radical (unpaired) electrons. The summed E-state index contributed by atoms with van der Waals surface area (Å²) in [6, 6.07) is 5.98. The zero-order valence-corrected chi connectivity index (χ0v) is 10.3. The summed E-state index contributed by atoms with van der Waals surface area (Å²) in [5, 5.41) is 6.88. The van der Waals surface area contributed by atoms with Gasteiger partial charge in [0.25, 0.3) is 5.56 Å². The molecular weight excluding hydrogens is 233 g/mol. The van der Waals surface area contributed by atoms with Crippen LogP contribution in [0.5, 0.6) is 0 Å². The number of hydrogen-bond acceptors (Lipinski definition) is 3. The highest BCUT2D eigenvalue weighted by molar-refractivity contribution is 5.37. The van der Waals surface area contributed by atoms with E-state index in [2.05, 4.69) is 10.4 Å². The summed E-state index contributed by atoms with van der Waals surface area (Å²) in [6.07, 6.45) is 1.57. The molecule has 1 aromatic carbocycles. The fraction of sp³-hybridized carbons (Fsp3) is 0.231. The predicted octanol–water partition coefficient (Wildman–Crippen LogP) is 1.78. The van der Waals surface area contributed by atoms with E-state index in [1.54, 1.807) is 19.3 Å². The van der Waals surface area contributed by atoms with Gasteiger partial charge >= 0.3 is 0 Å². The van der Waals surface area contributed by atoms with Crippen LogP contribution < -0.4 is 10.9 Å². The monoisotopic (exact) mass is 247 g/mol. The molecule has 0 saturated heterocycles. The fourth-order valence-corrected chi connectivity index (χ4v) is 1.66. The van der Waals surface area contributed by atoms with Crippen molar-refractivity contribution >= 4 is 5.69 Å². The Morgan fingerprint density at radius 2 is 2.17 bits per heavy atom. The topological polar surface area (TPSA) is 46.9 Å². The summed E-state index contributed by atoms with van der Waals surface area (Å²) in [5.41, 5.74) is 2.13. The normalized spacial score (nSPS) is 10.4. The van der Waals surface area contributed by atoms with Gasteiger partial charge in [-0.15, -0.1) is 0 Å². The number of anilines is 1. The van der Waals surface area contributed by atoms with E-state index in [1.165, 1.54) is 22.9 Å². The van der Waals surface area contributed by atoms with Crippen LogP contribution in [-0.2, 0) is 6.54 Å². The Morgan fingerprint density at radius 3 is 2.83 bits per heavy atom. The second-order valence-corrected chi connectivity index (χ2v) is 4.06. The number of benzene rings is 1. The van der Waals surface area contributed by atoms with Crippen LogP contribution in [0.4, 0.5) is 10.1 Å². The van der Waals surface area contributed by atoms with Crippen LogP contribution in [0.25, 0.3) is 0 Å². The molecule has 0 amide bonds. The van der Waals surface area contributed by atoms with Crippen LogP contribution >= 0.6 is 0 Å². The minimum absolute atomic E-state index is 0.217. The number of nitrogens with one attached hydrogen (secondary N) is 1. The van der Waals surface area contributed by atoms with Crippen molar-refractivity contribution in [2.24, 2.45) is 0 Å². The van der Waals surface area contributed by atoms with Crippen molar-refractivity contribution in [2.45, 2.75) is 13.5 Å². The number of halogens is 1. The minimum atomic E-state index is -0.310. The van der Waals surface area contributed by atoms with E-state index in [1.807, 2.05) is 6.92 Å². The largest absolute Gasteiger partial charge is 0.387 e. The standard InChI is InChI=1S/C13H14FN3O/c1-9-3-4-11(14)5-10(9)8-17-13(18)6-12(15-2)7-16-17/h3-7,15H,8H2,1-2H3. The maximum Gasteiger partial charge on any atom is 0.269 e. The first-order chi connectivity index (χ1) is 8.60. The Bertz CT molecular complexity index is 622. The Balaban J connectivity index is 2.34. The first-order valence-corrected chi connectivity index (χ1v) is 5.60. The Kier molecular flexibility index (Phi) is 3.41. The molecule has 5 heteroatoms. The highest BCUT2D eigenvalue weighted by Crippen LogP contribution is 2.11. The Hall–Kier alpha value is -2.17. The molecule has 0 bridgehead atoms. The molecule has 0 unspecified atom stereocenters. The van der Waals surface area contributed by atoms with Crippen molar-refractivity contribution in [1.82, 2.24) is 9.78 Å². The molecule has 2 rings (SSSR count). The van der Waals surface area contributed by atoms with Crippen LogP contribution in [-0.4, -0.2) is 16.8 Å². The Morgan fingerprint density at radius 1 is 1.39 bits per heavy atom. The molecule has 0 spiro atoms. The van der Waals surface area contributed by atoms with E-state index >= 15 is 0 Å². The highest BCUT2D eigenvalue weighted by Gasteiger charge is 2.04. The molecule has 2 aromatic rings. The predicted molar refractivity (Wildman–Crippen MR) is 68.3 cm³/mol. The van der Waals surface area contributed by atoms with E-state index in [0.717, 1.165) is 11.1 Å². The zero-order chi connectivity index (χ0) is 13.1. The van der Waals surface area contributed by atoms with Crippen molar-refractivity contribution in [2.75, 3.05) is 12.4 Å². The average molecular weight is 247 g/mol. The minimum Gasteiger partial charge on any atom is -0.387 e. The lowest BCUT2D eigenvalue weighted by Crippen LogP contribution is -2.23. The van der Waals surface area contributed by atoms with E-state index in [-0.39, 0.29) is 17.9 Å². The number of aromatic nitrogens is 2. The number of hydrogen-bond donors (Lipinski definition) is 1. The molecule has 94 valence electrons. The summed E-state index contributed by atoms with van der Waals surface area (Å²) < 4.78 is 14.5. The molecule has 18 heavy (non-hydrogen) atoms. The maximum atomic E-state index is 13.2. The van der Waals surface area contributed by atoms with E-state index in [4.69, 9.17) is 0 Å². The van der Waals surface area contributed by atoms with Gasteiger partial charge in [-0.1, -0.05) is 6.07 Å². The second kappa shape index (κ2) is 5.00. The molecule has 1 aromatic heterocycles. The molecule has 0 aliphatic rings. The van der Waals surface area contributed by atoms with E-state index in [0.29, 0.717) is 5.69 Å². The lowest BCUT2D eigenvalue weighted by Gasteiger charge is -2.08. The molecule has 0 aliphatic carbocycles. The van der Waals surface area contributed by atoms with Gasteiger partial charge in [0, 0.05) is 13.1 Å². The fourth-order valence-electron chi connectivity index (χ4n) is 1.66. The van der Waals surface area contributed by atoms with E-state index in [9.17, 15) is 9.18 Å². The van der Waals surface area contributed by atoms with Crippen LogP contribution in [0.15, 0.2) is 35.3 Å². The first kappa shape index (κ1) is 12.3. The van der Waals surface area contributed by atoms with Crippen molar-refractivity contribution in [1.29, 1.82) is 0 Å². The number of nitrogens with zero attached hydrogens (tertiary/aromatic N) is 2. The van der Waals surface area contributed by atoms with Crippen molar-refractivity contribution < 1.29 is 4.39 Å². The number of aryl methyl sites for hydroxylation is 1. The molecule has 0 atom stereocenters. The van der Waals surface area contributed by atoms with Gasteiger partial charge in [0.2, 0.25) is 0 Å². The zero-order valence-electron chi connectivity index (χ0n) is 10.3. The highest BCUT2D eigenvalue weighted by atomic mass is 19.1. The van der Waals surface area contributed by atoms with Crippen LogP contribution in [0, 0.1) is 12.7 Å². The van der Waals surface area contributed by atoms with Gasteiger partial charge in [0.1, 0.15) is 5.82 Å². The SMILES string of the molecule is CNc1cnn(Cc2cc(F)ccc2C)c(=O)c1. The molecule has 1 heterocycles. The smallest absolute Gasteiger partial charge is 0.269 e. The van der Waals surface area contributed by atoms with Gasteiger partial charge in [-0.05, 0) is 30.2 Å². The Labute approximate surface area is 104 Å².